The van der Waals surface area contributed by atoms with Crippen LogP contribution in [0.2, 0.25) is 0 Å². The number of rotatable bonds is 3. The van der Waals surface area contributed by atoms with Gasteiger partial charge in [-0.2, -0.15) is 5.26 Å². The summed E-state index contributed by atoms with van der Waals surface area (Å²) in [6.07, 6.45) is 13.0. The molecule has 4 aromatic rings. The summed E-state index contributed by atoms with van der Waals surface area (Å²) in [5, 5.41) is 11.7. The smallest absolute Gasteiger partial charge is 0.0991 e. The van der Waals surface area contributed by atoms with Gasteiger partial charge >= 0.3 is 0 Å². The van der Waals surface area contributed by atoms with Crippen molar-refractivity contribution in [3.8, 4) is 6.07 Å². The van der Waals surface area contributed by atoms with Crippen LogP contribution in [-0.4, -0.2) is 51.7 Å². The first-order chi connectivity index (χ1) is 16.7. The molecular weight excluding hydrogens is 420 g/mol. The standard InChI is InChI=1S/C28H30N6/c1-32-19-25(24-15-20(16-29)4-9-26(24)32)21-5-7-23(8-6-21)33-11-13-34(14-12-33)27-18-30-17-22-3-2-10-31-28(22)27/h2-4,9-10,15,17-19,21,23H,5-8,11-14H2,1H3. The van der Waals surface area contributed by atoms with Crippen LogP contribution in [0.25, 0.3) is 21.8 Å². The molecule has 172 valence electrons. The van der Waals surface area contributed by atoms with E-state index in [2.05, 4.69) is 61.8 Å². The maximum Gasteiger partial charge on any atom is 0.0991 e. The van der Waals surface area contributed by atoms with Crippen molar-refractivity contribution in [2.24, 2.45) is 7.05 Å². The topological polar surface area (TPSA) is 61.0 Å². The second kappa shape index (κ2) is 8.73. The zero-order valence-electron chi connectivity index (χ0n) is 19.7. The predicted molar refractivity (Wildman–Crippen MR) is 136 cm³/mol. The van der Waals surface area contributed by atoms with Gasteiger partial charge in [0.1, 0.15) is 0 Å². The number of fused-ring (bicyclic) bond motifs is 2. The van der Waals surface area contributed by atoms with Crippen molar-refractivity contribution in [3.63, 3.8) is 0 Å². The maximum atomic E-state index is 9.35. The van der Waals surface area contributed by atoms with Crippen LogP contribution in [0.5, 0.6) is 0 Å². The molecule has 0 spiro atoms. The molecule has 6 nitrogen and oxygen atoms in total. The van der Waals surface area contributed by atoms with Gasteiger partial charge in [-0.25, -0.2) is 0 Å². The molecule has 1 aliphatic heterocycles. The molecule has 3 aromatic heterocycles. The molecule has 1 aliphatic carbocycles. The molecule has 1 saturated carbocycles. The summed E-state index contributed by atoms with van der Waals surface area (Å²) in [7, 11) is 2.12. The molecule has 1 aromatic carbocycles. The lowest BCUT2D eigenvalue weighted by molar-refractivity contribution is 0.141. The number of hydrogen-bond acceptors (Lipinski definition) is 5. The van der Waals surface area contributed by atoms with E-state index in [0.29, 0.717) is 12.0 Å². The number of aromatic nitrogens is 3. The van der Waals surface area contributed by atoms with Gasteiger partial charge in [0.2, 0.25) is 0 Å². The van der Waals surface area contributed by atoms with E-state index in [-0.39, 0.29) is 0 Å². The number of piperazine rings is 1. The fraction of sp³-hybridized carbons (Fsp3) is 0.393. The molecule has 2 aliphatic rings. The average molecular weight is 451 g/mol. The molecule has 0 bridgehead atoms. The molecule has 2 fully saturated rings. The second-order valence-corrected chi connectivity index (χ2v) is 9.80. The van der Waals surface area contributed by atoms with Gasteiger partial charge in [0.05, 0.1) is 29.0 Å². The van der Waals surface area contributed by atoms with E-state index in [0.717, 1.165) is 48.3 Å². The van der Waals surface area contributed by atoms with Gasteiger partial charge in [0.15, 0.2) is 0 Å². The Bertz CT molecular complexity index is 1360. The molecule has 0 atom stereocenters. The summed E-state index contributed by atoms with van der Waals surface area (Å²) in [6, 6.07) is 13.1. The van der Waals surface area contributed by atoms with Crippen molar-refractivity contribution < 1.29 is 0 Å². The molecule has 0 unspecified atom stereocenters. The first-order valence-electron chi connectivity index (χ1n) is 12.4. The van der Waals surface area contributed by atoms with E-state index in [1.165, 1.54) is 42.1 Å². The lowest BCUT2D eigenvalue weighted by Gasteiger charge is -2.42. The van der Waals surface area contributed by atoms with Crippen LogP contribution < -0.4 is 4.90 Å². The third kappa shape index (κ3) is 3.70. The van der Waals surface area contributed by atoms with Crippen LogP contribution in [0, 0.1) is 11.3 Å². The molecule has 0 amide bonds. The number of aryl methyl sites for hydroxylation is 1. The summed E-state index contributed by atoms with van der Waals surface area (Å²) in [6.45, 7) is 4.24. The number of hydrogen-bond donors (Lipinski definition) is 0. The van der Waals surface area contributed by atoms with E-state index >= 15 is 0 Å². The summed E-state index contributed by atoms with van der Waals surface area (Å²) < 4.78 is 2.22. The van der Waals surface area contributed by atoms with Crippen molar-refractivity contribution in [1.29, 1.82) is 5.26 Å². The van der Waals surface area contributed by atoms with Crippen LogP contribution in [0.1, 0.15) is 42.7 Å². The Morgan fingerprint density at radius 1 is 1.00 bits per heavy atom. The summed E-state index contributed by atoms with van der Waals surface area (Å²) in [5.41, 5.74) is 5.62. The molecular formula is C28H30N6. The Kier molecular flexibility index (Phi) is 5.43. The molecule has 6 heteroatoms. The Morgan fingerprint density at radius 3 is 2.62 bits per heavy atom. The molecule has 4 heterocycles. The summed E-state index contributed by atoms with van der Waals surface area (Å²) in [4.78, 5) is 14.2. The number of anilines is 1. The highest BCUT2D eigenvalue weighted by molar-refractivity contribution is 5.89. The van der Waals surface area contributed by atoms with Crippen LogP contribution in [0.4, 0.5) is 5.69 Å². The molecule has 1 saturated heterocycles. The van der Waals surface area contributed by atoms with Crippen molar-refractivity contribution in [2.45, 2.75) is 37.6 Å². The third-order valence-electron chi connectivity index (χ3n) is 7.95. The number of nitrogens with zero attached hydrogens (tertiary/aromatic N) is 6. The molecule has 0 N–H and O–H groups in total. The minimum absolute atomic E-state index is 0.586. The Labute approximate surface area is 200 Å². The van der Waals surface area contributed by atoms with Crippen LogP contribution in [0.15, 0.2) is 55.1 Å². The van der Waals surface area contributed by atoms with E-state index in [9.17, 15) is 5.26 Å². The summed E-state index contributed by atoms with van der Waals surface area (Å²) in [5.74, 6) is 0.586. The highest BCUT2D eigenvalue weighted by atomic mass is 15.3. The van der Waals surface area contributed by atoms with Gasteiger partial charge in [-0.05, 0) is 67.5 Å². The number of benzene rings is 1. The minimum Gasteiger partial charge on any atom is -0.366 e. The van der Waals surface area contributed by atoms with Gasteiger partial charge in [-0.1, -0.05) is 0 Å². The fourth-order valence-electron chi connectivity index (χ4n) is 6.11. The van der Waals surface area contributed by atoms with E-state index in [1.807, 2.05) is 30.7 Å². The largest absolute Gasteiger partial charge is 0.366 e. The van der Waals surface area contributed by atoms with Crippen LogP contribution in [-0.2, 0) is 7.05 Å². The van der Waals surface area contributed by atoms with Gasteiger partial charge < -0.3 is 9.47 Å². The maximum absolute atomic E-state index is 9.35. The average Bonchev–Trinajstić information content (AvgIpc) is 3.24. The molecule has 6 rings (SSSR count). The van der Waals surface area contributed by atoms with Crippen molar-refractivity contribution in [1.82, 2.24) is 19.4 Å². The monoisotopic (exact) mass is 450 g/mol. The SMILES string of the molecule is Cn1cc(C2CCC(N3CCN(c4cncc5cccnc45)CC3)CC2)c2cc(C#N)ccc21. The predicted octanol–water partition coefficient (Wildman–Crippen LogP) is 4.84. The van der Waals surface area contributed by atoms with Crippen molar-refractivity contribution in [2.75, 3.05) is 31.1 Å². The van der Waals surface area contributed by atoms with Gasteiger partial charge in [-0.15, -0.1) is 0 Å². The Balaban J connectivity index is 1.11. The van der Waals surface area contributed by atoms with E-state index in [1.54, 1.807) is 0 Å². The minimum atomic E-state index is 0.586. The fourth-order valence-corrected chi connectivity index (χ4v) is 6.11. The van der Waals surface area contributed by atoms with Gasteiger partial charge in [-0.3, -0.25) is 14.9 Å². The number of nitriles is 1. The zero-order valence-corrected chi connectivity index (χ0v) is 19.7. The lowest BCUT2D eigenvalue weighted by Crippen LogP contribution is -2.51. The Morgan fingerprint density at radius 2 is 1.82 bits per heavy atom. The number of pyridine rings is 2. The highest BCUT2D eigenvalue weighted by Gasteiger charge is 2.30. The van der Waals surface area contributed by atoms with Crippen molar-refractivity contribution in [3.05, 3.63) is 66.2 Å². The van der Waals surface area contributed by atoms with Gasteiger partial charge in [0, 0.05) is 74.1 Å². The van der Waals surface area contributed by atoms with E-state index in [4.69, 9.17) is 0 Å². The Hall–Kier alpha value is -3.43. The second-order valence-electron chi connectivity index (χ2n) is 9.80. The first-order valence-corrected chi connectivity index (χ1v) is 12.4. The normalized spacial score (nSPS) is 21.7. The highest BCUT2D eigenvalue weighted by Crippen LogP contribution is 2.39. The van der Waals surface area contributed by atoms with Crippen molar-refractivity contribution >= 4 is 27.5 Å². The van der Waals surface area contributed by atoms with E-state index < -0.39 is 0 Å². The van der Waals surface area contributed by atoms with Crippen LogP contribution in [0.3, 0.4) is 0 Å². The van der Waals surface area contributed by atoms with Crippen LogP contribution >= 0.6 is 0 Å². The quantitative estimate of drug-likeness (QED) is 0.447. The first kappa shape index (κ1) is 21.1. The summed E-state index contributed by atoms with van der Waals surface area (Å²) >= 11 is 0. The zero-order chi connectivity index (χ0) is 23.1. The molecule has 0 radical (unpaired) electrons. The molecule has 34 heavy (non-hydrogen) atoms. The van der Waals surface area contributed by atoms with Gasteiger partial charge in [0.25, 0.3) is 0 Å². The third-order valence-corrected chi connectivity index (χ3v) is 7.95. The lowest BCUT2D eigenvalue weighted by atomic mass is 9.81.